The summed E-state index contributed by atoms with van der Waals surface area (Å²) in [7, 11) is 0. The lowest BCUT2D eigenvalue weighted by atomic mass is 9.66. The third-order valence-corrected chi connectivity index (χ3v) is 15.7. The number of anilines is 3. The third-order valence-electron chi connectivity index (χ3n) is 15.7. The van der Waals surface area contributed by atoms with Crippen molar-refractivity contribution in [2.24, 2.45) is 0 Å². The standard InChI is InChI=1S/C67H51N/c1-65(2)56-31-19-17-29-52(56)53-40-38-51(42-59(53)65)68(50-36-33-46(34-37-50)44-21-9-5-10-22-44)64-62-55-39-35-47(45-23-11-6-12-24-45)41-58(55)66(3,4)60(62)43-61-63(64)54-30-18-20-32-57(54)67(61,48-25-13-7-14-26-48)49-27-15-8-16-28-49/h5-43H,1-4H3. The molecule has 0 aromatic heterocycles. The van der Waals surface area contributed by atoms with Crippen LogP contribution in [0.5, 0.6) is 0 Å². The molecule has 1 nitrogen and oxygen atoms in total. The Balaban J connectivity index is 1.18. The molecule has 0 spiro atoms. The van der Waals surface area contributed by atoms with Gasteiger partial charge in [-0.3, -0.25) is 0 Å². The first-order valence-corrected chi connectivity index (χ1v) is 24.1. The van der Waals surface area contributed by atoms with Gasteiger partial charge in [0.05, 0.1) is 11.1 Å². The first-order chi connectivity index (χ1) is 33.3. The summed E-state index contributed by atoms with van der Waals surface area (Å²) in [5, 5.41) is 0. The van der Waals surface area contributed by atoms with Gasteiger partial charge < -0.3 is 4.90 Å². The average Bonchev–Trinajstić information content (AvgIpc) is 3.92. The molecule has 10 aromatic rings. The predicted molar refractivity (Wildman–Crippen MR) is 284 cm³/mol. The quantitative estimate of drug-likeness (QED) is 0.154. The van der Waals surface area contributed by atoms with Gasteiger partial charge in [-0.25, -0.2) is 0 Å². The van der Waals surface area contributed by atoms with E-state index in [2.05, 4.69) is 269 Å². The van der Waals surface area contributed by atoms with Crippen molar-refractivity contribution in [2.45, 2.75) is 43.9 Å². The van der Waals surface area contributed by atoms with Crippen LogP contribution < -0.4 is 4.90 Å². The molecule has 0 aliphatic heterocycles. The van der Waals surface area contributed by atoms with E-state index >= 15 is 0 Å². The smallest absolute Gasteiger partial charge is 0.0714 e. The van der Waals surface area contributed by atoms with Gasteiger partial charge in [0.25, 0.3) is 0 Å². The number of rotatable bonds is 7. The van der Waals surface area contributed by atoms with Crippen LogP contribution in [0.4, 0.5) is 17.1 Å². The van der Waals surface area contributed by atoms with Gasteiger partial charge in [0.15, 0.2) is 0 Å². The number of hydrogen-bond acceptors (Lipinski definition) is 1. The summed E-state index contributed by atoms with van der Waals surface area (Å²) in [6.45, 7) is 9.69. The van der Waals surface area contributed by atoms with Gasteiger partial charge in [-0.1, -0.05) is 234 Å². The molecule has 1 heteroatoms. The van der Waals surface area contributed by atoms with Gasteiger partial charge in [-0.15, -0.1) is 0 Å². The third kappa shape index (κ3) is 5.69. The molecule has 0 bridgehead atoms. The summed E-state index contributed by atoms with van der Waals surface area (Å²) in [4.78, 5) is 2.63. The van der Waals surface area contributed by atoms with Crippen LogP contribution >= 0.6 is 0 Å². The first kappa shape index (κ1) is 40.3. The highest BCUT2D eigenvalue weighted by Crippen LogP contribution is 2.66. The number of nitrogens with zero attached hydrogens (tertiary/aromatic N) is 1. The summed E-state index contributed by atoms with van der Waals surface area (Å²) in [5.41, 5.74) is 25.6. The van der Waals surface area contributed by atoms with E-state index in [-0.39, 0.29) is 10.8 Å². The average molecular weight is 870 g/mol. The Hall–Kier alpha value is -8.00. The normalized spacial score (nSPS) is 14.8. The van der Waals surface area contributed by atoms with Gasteiger partial charge in [-0.2, -0.15) is 0 Å². The lowest BCUT2D eigenvalue weighted by molar-refractivity contribution is 0.656. The number of benzene rings is 10. The van der Waals surface area contributed by atoms with Crippen molar-refractivity contribution in [1.29, 1.82) is 0 Å². The fourth-order valence-corrected chi connectivity index (χ4v) is 12.5. The largest absolute Gasteiger partial charge is 0.309 e. The topological polar surface area (TPSA) is 3.24 Å². The SMILES string of the molecule is CC1(C)c2ccccc2-c2ccc(N(c3ccc(-c4ccccc4)cc3)c3c4c(cc5c3-c3ccccc3C5(c3ccccc3)c3ccccc3)C(C)(C)c3cc(-c5ccccc5)ccc3-4)cc21. The molecule has 0 unspecified atom stereocenters. The predicted octanol–water partition coefficient (Wildman–Crippen LogP) is 17.5. The highest BCUT2D eigenvalue weighted by Gasteiger charge is 2.51. The Morgan fingerprint density at radius 3 is 1.35 bits per heavy atom. The van der Waals surface area contributed by atoms with Gasteiger partial charge in [0, 0.05) is 33.3 Å². The molecule has 3 aliphatic rings. The summed E-state index contributed by atoms with van der Waals surface area (Å²) >= 11 is 0. The first-order valence-electron chi connectivity index (χ1n) is 24.1. The lowest BCUT2D eigenvalue weighted by Crippen LogP contribution is -2.29. The Bertz CT molecular complexity index is 3540. The van der Waals surface area contributed by atoms with E-state index in [1.54, 1.807) is 0 Å². The van der Waals surface area contributed by atoms with Crippen molar-refractivity contribution in [1.82, 2.24) is 0 Å². The molecule has 0 N–H and O–H groups in total. The van der Waals surface area contributed by atoms with Crippen LogP contribution in [-0.4, -0.2) is 0 Å². The lowest BCUT2D eigenvalue weighted by Gasteiger charge is -2.36. The van der Waals surface area contributed by atoms with E-state index in [4.69, 9.17) is 0 Å². The zero-order valence-corrected chi connectivity index (χ0v) is 39.0. The fourth-order valence-electron chi connectivity index (χ4n) is 12.5. The van der Waals surface area contributed by atoms with Crippen molar-refractivity contribution < 1.29 is 0 Å². The second kappa shape index (κ2) is 15.0. The summed E-state index contributed by atoms with van der Waals surface area (Å²) in [5.74, 6) is 0. The van der Waals surface area contributed by atoms with Crippen LogP contribution in [0.15, 0.2) is 237 Å². The minimum absolute atomic E-state index is 0.184. The number of hydrogen-bond donors (Lipinski definition) is 0. The molecule has 0 atom stereocenters. The molecule has 324 valence electrons. The van der Waals surface area contributed by atoms with E-state index in [0.29, 0.717) is 0 Å². The molecule has 3 aliphatic carbocycles. The minimum Gasteiger partial charge on any atom is -0.309 e. The molecular formula is C67H51N. The van der Waals surface area contributed by atoms with Crippen molar-refractivity contribution in [3.05, 3.63) is 281 Å². The summed E-state index contributed by atoms with van der Waals surface area (Å²) < 4.78 is 0. The second-order valence-corrected chi connectivity index (χ2v) is 20.0. The van der Waals surface area contributed by atoms with Crippen LogP contribution in [0.2, 0.25) is 0 Å². The molecule has 10 aromatic carbocycles. The van der Waals surface area contributed by atoms with Crippen LogP contribution in [0.1, 0.15) is 72.2 Å². The minimum atomic E-state index is -0.595. The Morgan fingerprint density at radius 2 is 0.706 bits per heavy atom. The second-order valence-electron chi connectivity index (χ2n) is 20.0. The zero-order valence-electron chi connectivity index (χ0n) is 39.0. The summed E-state index contributed by atoms with van der Waals surface area (Å²) in [6.07, 6.45) is 0. The molecule has 0 amide bonds. The zero-order chi connectivity index (χ0) is 45.8. The highest BCUT2D eigenvalue weighted by molar-refractivity contribution is 6.07. The Morgan fingerprint density at radius 1 is 0.279 bits per heavy atom. The molecule has 0 saturated carbocycles. The molecule has 0 radical (unpaired) electrons. The highest BCUT2D eigenvalue weighted by atomic mass is 15.1. The molecule has 68 heavy (non-hydrogen) atoms. The number of fused-ring (bicyclic) bond motifs is 9. The van der Waals surface area contributed by atoms with Crippen molar-refractivity contribution in [2.75, 3.05) is 4.90 Å². The van der Waals surface area contributed by atoms with Gasteiger partial charge in [-0.05, 0) is 119 Å². The van der Waals surface area contributed by atoms with E-state index in [1.165, 1.54) is 106 Å². The van der Waals surface area contributed by atoms with E-state index in [0.717, 1.165) is 11.4 Å². The summed E-state index contributed by atoms with van der Waals surface area (Å²) in [6, 6.07) is 88.9. The van der Waals surface area contributed by atoms with E-state index < -0.39 is 5.41 Å². The monoisotopic (exact) mass is 869 g/mol. The fraction of sp³-hybridized carbons (Fsp3) is 0.104. The maximum Gasteiger partial charge on any atom is 0.0714 e. The van der Waals surface area contributed by atoms with Gasteiger partial charge in [0.2, 0.25) is 0 Å². The van der Waals surface area contributed by atoms with Crippen LogP contribution in [-0.2, 0) is 16.2 Å². The van der Waals surface area contributed by atoms with Crippen LogP contribution in [0, 0.1) is 0 Å². The van der Waals surface area contributed by atoms with Crippen LogP contribution in [0.25, 0.3) is 55.6 Å². The van der Waals surface area contributed by atoms with Crippen molar-refractivity contribution in [3.8, 4) is 55.6 Å². The Kier molecular flexibility index (Phi) is 8.89. The molecule has 0 heterocycles. The molecular weight excluding hydrogens is 819 g/mol. The molecule has 0 saturated heterocycles. The maximum atomic E-state index is 2.63. The van der Waals surface area contributed by atoms with Gasteiger partial charge >= 0.3 is 0 Å². The van der Waals surface area contributed by atoms with Crippen molar-refractivity contribution in [3.63, 3.8) is 0 Å². The van der Waals surface area contributed by atoms with Crippen LogP contribution in [0.3, 0.4) is 0 Å². The van der Waals surface area contributed by atoms with E-state index in [1.807, 2.05) is 0 Å². The van der Waals surface area contributed by atoms with Crippen molar-refractivity contribution >= 4 is 17.1 Å². The van der Waals surface area contributed by atoms with Gasteiger partial charge in [0.1, 0.15) is 0 Å². The Labute approximate surface area is 400 Å². The molecule has 0 fully saturated rings. The molecule has 13 rings (SSSR count). The van der Waals surface area contributed by atoms with E-state index in [9.17, 15) is 0 Å². The maximum absolute atomic E-state index is 2.63.